The molecule has 150 valence electrons. The van der Waals surface area contributed by atoms with Gasteiger partial charge in [0.05, 0.1) is 12.0 Å². The van der Waals surface area contributed by atoms with Crippen LogP contribution >= 0.6 is 0 Å². The first-order valence-electron chi connectivity index (χ1n) is 9.66. The number of esters is 2. The molecule has 0 aromatic carbocycles. The fourth-order valence-corrected chi connectivity index (χ4v) is 4.54. The molecule has 7 heteroatoms. The van der Waals surface area contributed by atoms with Crippen LogP contribution in [0.1, 0.15) is 52.4 Å². The number of ether oxygens (including phenoxy) is 4. The van der Waals surface area contributed by atoms with Crippen molar-refractivity contribution in [2.45, 2.75) is 76.8 Å². The largest absolute Gasteiger partial charge is 0.493 e. The Morgan fingerprint density at radius 1 is 1.00 bits per heavy atom. The zero-order valence-corrected chi connectivity index (χ0v) is 16.1. The van der Waals surface area contributed by atoms with E-state index in [0.717, 1.165) is 25.7 Å². The van der Waals surface area contributed by atoms with Crippen LogP contribution < -0.4 is 0 Å². The van der Waals surface area contributed by atoms with Crippen LogP contribution in [-0.2, 0) is 33.3 Å². The SMILES string of the molecule is COC1CCC(C2=CC(=O)C3C(OC(C)=O)CC(OC(C)=O)CC3O2)CC1. The predicted octanol–water partition coefficient (Wildman–Crippen LogP) is 2.32. The van der Waals surface area contributed by atoms with E-state index < -0.39 is 36.2 Å². The highest BCUT2D eigenvalue weighted by atomic mass is 16.6. The summed E-state index contributed by atoms with van der Waals surface area (Å²) >= 11 is 0. The molecular formula is C20H28O7. The molecule has 0 spiro atoms. The summed E-state index contributed by atoms with van der Waals surface area (Å²) in [5, 5.41) is 0. The van der Waals surface area contributed by atoms with Gasteiger partial charge in [-0.1, -0.05) is 0 Å². The van der Waals surface area contributed by atoms with Gasteiger partial charge in [-0.15, -0.1) is 0 Å². The summed E-state index contributed by atoms with van der Waals surface area (Å²) in [6.45, 7) is 2.66. The second kappa shape index (κ2) is 8.42. The van der Waals surface area contributed by atoms with Crippen molar-refractivity contribution in [2.24, 2.45) is 11.8 Å². The lowest BCUT2D eigenvalue weighted by atomic mass is 9.76. The van der Waals surface area contributed by atoms with Gasteiger partial charge in [0, 0.05) is 45.8 Å². The predicted molar refractivity (Wildman–Crippen MR) is 94.6 cm³/mol. The van der Waals surface area contributed by atoms with E-state index in [1.54, 1.807) is 13.2 Å². The first-order chi connectivity index (χ1) is 12.9. The molecular weight excluding hydrogens is 352 g/mol. The zero-order chi connectivity index (χ0) is 19.6. The molecule has 0 N–H and O–H groups in total. The summed E-state index contributed by atoms with van der Waals surface area (Å²) in [5.41, 5.74) is 0. The maximum atomic E-state index is 12.8. The molecule has 3 aliphatic rings. The van der Waals surface area contributed by atoms with Crippen molar-refractivity contribution < 1.29 is 33.3 Å². The van der Waals surface area contributed by atoms with Crippen molar-refractivity contribution in [1.29, 1.82) is 0 Å². The Bertz CT molecular complexity index is 618. The fourth-order valence-electron chi connectivity index (χ4n) is 4.54. The first kappa shape index (κ1) is 19.9. The maximum absolute atomic E-state index is 12.8. The number of fused-ring (bicyclic) bond motifs is 1. The van der Waals surface area contributed by atoms with Gasteiger partial charge in [-0.05, 0) is 25.7 Å². The van der Waals surface area contributed by atoms with Gasteiger partial charge < -0.3 is 18.9 Å². The summed E-state index contributed by atoms with van der Waals surface area (Å²) in [4.78, 5) is 35.7. The highest BCUT2D eigenvalue weighted by Crippen LogP contribution is 2.40. The Hall–Kier alpha value is -1.89. The van der Waals surface area contributed by atoms with Crippen molar-refractivity contribution in [1.82, 2.24) is 0 Å². The average molecular weight is 380 g/mol. The van der Waals surface area contributed by atoms with Crippen LogP contribution in [0.25, 0.3) is 0 Å². The van der Waals surface area contributed by atoms with E-state index in [1.165, 1.54) is 13.8 Å². The van der Waals surface area contributed by atoms with E-state index in [-0.39, 0.29) is 17.8 Å². The van der Waals surface area contributed by atoms with Gasteiger partial charge in [0.2, 0.25) is 0 Å². The number of carbonyl (C=O) groups is 3. The van der Waals surface area contributed by atoms with Gasteiger partial charge in [-0.2, -0.15) is 0 Å². The molecule has 4 atom stereocenters. The van der Waals surface area contributed by atoms with Crippen molar-refractivity contribution in [3.63, 3.8) is 0 Å². The number of hydrogen-bond acceptors (Lipinski definition) is 7. The topological polar surface area (TPSA) is 88.1 Å². The molecule has 3 rings (SSSR count). The Labute approximate surface area is 159 Å². The lowest BCUT2D eigenvalue weighted by Gasteiger charge is -2.43. The molecule has 2 saturated carbocycles. The molecule has 0 aromatic rings. The van der Waals surface area contributed by atoms with Crippen LogP contribution in [0.5, 0.6) is 0 Å². The Morgan fingerprint density at radius 2 is 1.67 bits per heavy atom. The molecule has 0 bridgehead atoms. The molecule has 7 nitrogen and oxygen atoms in total. The van der Waals surface area contributed by atoms with E-state index in [9.17, 15) is 14.4 Å². The standard InChI is InChI=1S/C20H28O7/c1-11(21)25-15-8-18(26-12(2)22)20-16(23)10-17(27-19(20)9-15)13-4-6-14(24-3)7-5-13/h10,13-15,18-20H,4-9H2,1-3H3. The van der Waals surface area contributed by atoms with Crippen molar-refractivity contribution in [2.75, 3.05) is 7.11 Å². The minimum absolute atomic E-state index is 0.0670. The summed E-state index contributed by atoms with van der Waals surface area (Å²) in [5.74, 6) is -0.552. The summed E-state index contributed by atoms with van der Waals surface area (Å²) in [6, 6.07) is 0. The molecule has 0 saturated heterocycles. The summed E-state index contributed by atoms with van der Waals surface area (Å²) in [6.07, 6.45) is 4.80. The van der Waals surface area contributed by atoms with Crippen molar-refractivity contribution in [3.8, 4) is 0 Å². The number of rotatable bonds is 4. The van der Waals surface area contributed by atoms with Gasteiger partial charge in [0.25, 0.3) is 0 Å². The fraction of sp³-hybridized carbons (Fsp3) is 0.750. The monoisotopic (exact) mass is 380 g/mol. The second-order valence-corrected chi connectivity index (χ2v) is 7.69. The minimum Gasteiger partial charge on any atom is -0.493 e. The van der Waals surface area contributed by atoms with Crippen molar-refractivity contribution in [3.05, 3.63) is 11.8 Å². The Kier molecular flexibility index (Phi) is 6.19. The van der Waals surface area contributed by atoms with E-state index in [1.807, 2.05) is 0 Å². The van der Waals surface area contributed by atoms with Gasteiger partial charge in [0.1, 0.15) is 24.1 Å². The van der Waals surface area contributed by atoms with Gasteiger partial charge in [0.15, 0.2) is 5.78 Å². The van der Waals surface area contributed by atoms with E-state index in [0.29, 0.717) is 18.6 Å². The van der Waals surface area contributed by atoms with Crippen LogP contribution in [0.2, 0.25) is 0 Å². The number of hydrogen-bond donors (Lipinski definition) is 0. The molecule has 4 unspecified atom stereocenters. The zero-order valence-electron chi connectivity index (χ0n) is 16.1. The summed E-state index contributed by atoms with van der Waals surface area (Å²) < 4.78 is 22.3. The quantitative estimate of drug-likeness (QED) is 0.692. The smallest absolute Gasteiger partial charge is 0.302 e. The normalized spacial score (nSPS) is 36.1. The van der Waals surface area contributed by atoms with Crippen LogP contribution in [0.15, 0.2) is 11.8 Å². The van der Waals surface area contributed by atoms with Gasteiger partial charge in [-0.3, -0.25) is 14.4 Å². The maximum Gasteiger partial charge on any atom is 0.302 e. The molecule has 2 aliphatic carbocycles. The summed E-state index contributed by atoms with van der Waals surface area (Å²) in [7, 11) is 1.72. The van der Waals surface area contributed by atoms with Crippen LogP contribution in [0.3, 0.4) is 0 Å². The first-order valence-corrected chi connectivity index (χ1v) is 9.66. The third-order valence-corrected chi connectivity index (χ3v) is 5.75. The van der Waals surface area contributed by atoms with Gasteiger partial charge in [-0.25, -0.2) is 0 Å². The highest BCUT2D eigenvalue weighted by Gasteiger charge is 2.48. The van der Waals surface area contributed by atoms with E-state index in [2.05, 4.69) is 0 Å². The van der Waals surface area contributed by atoms with Gasteiger partial charge >= 0.3 is 11.9 Å². The minimum atomic E-state index is -0.639. The number of ketones is 1. The number of carbonyl (C=O) groups excluding carboxylic acids is 3. The number of allylic oxidation sites excluding steroid dienone is 2. The molecule has 0 aromatic heterocycles. The molecule has 27 heavy (non-hydrogen) atoms. The molecule has 2 fully saturated rings. The molecule has 0 amide bonds. The van der Waals surface area contributed by atoms with Crippen LogP contribution in [0.4, 0.5) is 0 Å². The molecule has 1 heterocycles. The Balaban J connectivity index is 1.75. The van der Waals surface area contributed by atoms with Crippen LogP contribution in [0, 0.1) is 11.8 Å². The lowest BCUT2D eigenvalue weighted by molar-refractivity contribution is -0.173. The highest BCUT2D eigenvalue weighted by molar-refractivity contribution is 5.94. The third kappa shape index (κ3) is 4.69. The average Bonchev–Trinajstić information content (AvgIpc) is 2.60. The third-order valence-electron chi connectivity index (χ3n) is 5.75. The second-order valence-electron chi connectivity index (χ2n) is 7.69. The van der Waals surface area contributed by atoms with Crippen LogP contribution in [-0.4, -0.2) is 49.2 Å². The number of methoxy groups -OCH3 is 1. The lowest BCUT2D eigenvalue weighted by Crippen LogP contribution is -2.51. The molecule has 0 radical (unpaired) electrons. The van der Waals surface area contributed by atoms with E-state index >= 15 is 0 Å². The van der Waals surface area contributed by atoms with Crippen molar-refractivity contribution >= 4 is 17.7 Å². The molecule has 1 aliphatic heterocycles. The Morgan fingerprint density at radius 3 is 2.26 bits per heavy atom. The van der Waals surface area contributed by atoms with E-state index in [4.69, 9.17) is 18.9 Å².